The topological polar surface area (TPSA) is 17.1 Å². The maximum atomic E-state index is 15.1. The van der Waals surface area contributed by atoms with Crippen molar-refractivity contribution in [1.29, 1.82) is 0 Å². The van der Waals surface area contributed by atoms with E-state index in [0.717, 1.165) is 21.2 Å². The minimum Gasteiger partial charge on any atom is -0.313 e. The van der Waals surface area contributed by atoms with Crippen molar-refractivity contribution >= 4 is 46.2 Å². The summed E-state index contributed by atoms with van der Waals surface area (Å²) in [5.74, 6) is 0. The molecule has 4 aromatic rings. The molecule has 0 radical (unpaired) electrons. The Bertz CT molecular complexity index is 1010. The molecule has 4 rings (SSSR count). The van der Waals surface area contributed by atoms with E-state index in [0.29, 0.717) is 0 Å². The molecular formula is C26H24OP2S. The van der Waals surface area contributed by atoms with E-state index in [1.165, 1.54) is 0 Å². The maximum absolute atomic E-state index is 15.1. The Balaban J connectivity index is 2.01. The van der Waals surface area contributed by atoms with Gasteiger partial charge in [-0.3, -0.25) is 0 Å². The summed E-state index contributed by atoms with van der Waals surface area (Å²) in [6.45, 7) is 2.10. The lowest BCUT2D eigenvalue weighted by molar-refractivity contribution is 0.586. The molecule has 1 nitrogen and oxygen atoms in total. The molecule has 4 aromatic carbocycles. The fourth-order valence-corrected chi connectivity index (χ4v) is 14.1. The normalized spacial score (nSPS) is 13.0. The van der Waals surface area contributed by atoms with E-state index in [1.54, 1.807) is 0 Å². The molecule has 30 heavy (non-hydrogen) atoms. The first-order valence-electron chi connectivity index (χ1n) is 10.00. The zero-order chi connectivity index (χ0) is 21.0. The van der Waals surface area contributed by atoms with Crippen LogP contribution in [0.5, 0.6) is 0 Å². The molecular weight excluding hydrogens is 422 g/mol. The van der Waals surface area contributed by atoms with Gasteiger partial charge in [0.05, 0.1) is 5.40 Å². The van der Waals surface area contributed by atoms with Crippen LogP contribution in [-0.4, -0.2) is 5.40 Å². The van der Waals surface area contributed by atoms with E-state index >= 15 is 4.57 Å². The van der Waals surface area contributed by atoms with Crippen molar-refractivity contribution in [3.8, 4) is 0 Å². The lowest BCUT2D eigenvalue weighted by Gasteiger charge is -2.36. The number of hydrogen-bond donors (Lipinski definition) is 0. The third kappa shape index (κ3) is 3.65. The van der Waals surface area contributed by atoms with Crippen LogP contribution in [0.2, 0.25) is 0 Å². The Kier molecular flexibility index (Phi) is 6.21. The average Bonchev–Trinajstić information content (AvgIpc) is 2.84. The molecule has 0 aromatic heterocycles. The first-order valence-corrected chi connectivity index (χ1v) is 14.6. The Morgan fingerprint density at radius 1 is 0.533 bits per heavy atom. The quantitative estimate of drug-likeness (QED) is 0.365. The molecule has 150 valence electrons. The summed E-state index contributed by atoms with van der Waals surface area (Å²) in [7, 11) is -3.02. The van der Waals surface area contributed by atoms with Crippen molar-refractivity contribution in [3.05, 3.63) is 121 Å². The van der Waals surface area contributed by atoms with Crippen molar-refractivity contribution in [1.82, 2.24) is 0 Å². The Morgan fingerprint density at radius 3 is 1.10 bits per heavy atom. The Labute approximate surface area is 184 Å². The van der Waals surface area contributed by atoms with Gasteiger partial charge in [-0.25, -0.2) is 0 Å². The highest BCUT2D eigenvalue weighted by Crippen LogP contribution is 2.65. The highest BCUT2D eigenvalue weighted by Gasteiger charge is 2.43. The van der Waals surface area contributed by atoms with Crippen LogP contribution in [0.15, 0.2) is 121 Å². The lowest BCUT2D eigenvalue weighted by Crippen LogP contribution is -2.31. The summed E-state index contributed by atoms with van der Waals surface area (Å²) in [5.41, 5.74) is 0. The zero-order valence-electron chi connectivity index (χ0n) is 16.8. The predicted molar refractivity (Wildman–Crippen MR) is 136 cm³/mol. The number of rotatable bonds is 6. The molecule has 1 atom stereocenters. The third-order valence-electron chi connectivity index (χ3n) is 5.61. The van der Waals surface area contributed by atoms with Gasteiger partial charge < -0.3 is 4.57 Å². The molecule has 0 saturated carbocycles. The smallest absolute Gasteiger partial charge is 0.151 e. The molecule has 0 aliphatic heterocycles. The van der Waals surface area contributed by atoms with Gasteiger partial charge in [0.1, 0.15) is 0 Å². The van der Waals surface area contributed by atoms with Crippen molar-refractivity contribution in [2.24, 2.45) is 0 Å². The van der Waals surface area contributed by atoms with Gasteiger partial charge in [-0.1, -0.05) is 133 Å². The second-order valence-corrected chi connectivity index (χ2v) is 15.7. The molecule has 0 spiro atoms. The van der Waals surface area contributed by atoms with Crippen molar-refractivity contribution in [3.63, 3.8) is 0 Å². The predicted octanol–water partition coefficient (Wildman–Crippen LogP) is 5.48. The second-order valence-electron chi connectivity index (χ2n) is 7.29. The third-order valence-corrected chi connectivity index (χ3v) is 16.7. The van der Waals surface area contributed by atoms with Crippen LogP contribution in [-0.2, 0) is 16.4 Å². The van der Waals surface area contributed by atoms with Crippen molar-refractivity contribution in [2.75, 3.05) is 0 Å². The van der Waals surface area contributed by atoms with Crippen LogP contribution in [0.3, 0.4) is 0 Å². The molecule has 0 aliphatic rings. The van der Waals surface area contributed by atoms with Crippen LogP contribution in [0.4, 0.5) is 0 Å². The molecule has 0 heterocycles. The van der Waals surface area contributed by atoms with Crippen LogP contribution < -0.4 is 21.2 Å². The molecule has 0 amide bonds. The Morgan fingerprint density at radius 2 is 0.800 bits per heavy atom. The van der Waals surface area contributed by atoms with E-state index in [9.17, 15) is 0 Å². The summed E-state index contributed by atoms with van der Waals surface area (Å²) >= 11 is 6.54. The van der Waals surface area contributed by atoms with Crippen molar-refractivity contribution < 1.29 is 4.57 Å². The van der Waals surface area contributed by atoms with Gasteiger partial charge in [0.2, 0.25) is 0 Å². The fraction of sp³-hybridized carbons (Fsp3) is 0.0769. The van der Waals surface area contributed by atoms with Crippen molar-refractivity contribution in [2.45, 2.75) is 12.3 Å². The van der Waals surface area contributed by atoms with E-state index in [2.05, 4.69) is 31.2 Å². The second kappa shape index (κ2) is 8.86. The molecule has 4 heteroatoms. The molecule has 1 unspecified atom stereocenters. The van der Waals surface area contributed by atoms with Crippen LogP contribution >= 0.6 is 13.2 Å². The SMILES string of the molecule is CC(P(=O)(c1ccccc1)c1ccccc1)P(=S)(c1ccccc1)c1ccccc1. The number of hydrogen-bond acceptors (Lipinski definition) is 2. The first-order chi connectivity index (χ1) is 14.6. The van der Waals surface area contributed by atoms with Gasteiger partial charge in [0.15, 0.2) is 7.14 Å². The molecule has 0 aliphatic carbocycles. The highest BCUT2D eigenvalue weighted by atomic mass is 32.4. The molecule has 0 saturated heterocycles. The summed E-state index contributed by atoms with van der Waals surface area (Å²) in [5, 5.41) is 3.71. The first kappa shape index (κ1) is 21.0. The summed E-state index contributed by atoms with van der Waals surface area (Å²) in [6, 6.07) is 37.9. The van der Waals surface area contributed by atoms with E-state index in [-0.39, 0.29) is 5.40 Å². The summed E-state index contributed by atoms with van der Waals surface area (Å²) in [6.07, 6.45) is 0. The lowest BCUT2D eigenvalue weighted by atomic mass is 10.4. The van der Waals surface area contributed by atoms with E-state index in [4.69, 9.17) is 11.8 Å². The summed E-state index contributed by atoms with van der Waals surface area (Å²) < 4.78 is 15.1. The van der Waals surface area contributed by atoms with Gasteiger partial charge in [0, 0.05) is 16.6 Å². The highest BCUT2D eigenvalue weighted by molar-refractivity contribution is 8.25. The molecule has 0 fully saturated rings. The fourth-order valence-electron chi connectivity index (χ4n) is 3.99. The van der Waals surface area contributed by atoms with E-state index < -0.39 is 13.2 Å². The van der Waals surface area contributed by atoms with Gasteiger partial charge in [-0.05, 0) is 17.5 Å². The standard InChI is InChI=1S/C26H24OP2S/c1-22(28(27,23-14-6-2-7-15-23)24-16-8-3-9-17-24)29(30,25-18-10-4-11-19-25)26-20-12-5-13-21-26/h2-22H,1H3. The Hall–Kier alpha value is -2.24. The molecule has 0 bridgehead atoms. The molecule has 0 N–H and O–H groups in total. The summed E-state index contributed by atoms with van der Waals surface area (Å²) in [4.78, 5) is 0. The largest absolute Gasteiger partial charge is 0.313 e. The average molecular weight is 446 g/mol. The van der Waals surface area contributed by atoms with Gasteiger partial charge in [-0.15, -0.1) is 0 Å². The minimum atomic E-state index is -3.02. The minimum absolute atomic E-state index is 0.227. The van der Waals surface area contributed by atoms with Crippen LogP contribution in [0.25, 0.3) is 0 Å². The maximum Gasteiger partial charge on any atom is 0.151 e. The van der Waals surface area contributed by atoms with Crippen LogP contribution in [0.1, 0.15) is 6.92 Å². The zero-order valence-corrected chi connectivity index (χ0v) is 19.4. The van der Waals surface area contributed by atoms with E-state index in [1.807, 2.05) is 97.1 Å². The monoisotopic (exact) mass is 446 g/mol. The van der Waals surface area contributed by atoms with Gasteiger partial charge in [-0.2, -0.15) is 0 Å². The van der Waals surface area contributed by atoms with Gasteiger partial charge >= 0.3 is 0 Å². The van der Waals surface area contributed by atoms with Gasteiger partial charge in [0.25, 0.3) is 0 Å². The number of benzene rings is 4. The van der Waals surface area contributed by atoms with Crippen LogP contribution in [0, 0.1) is 0 Å².